The minimum Gasteiger partial charge on any atom is -0.353 e. The number of pyridine rings is 1. The predicted molar refractivity (Wildman–Crippen MR) is 97.7 cm³/mol. The maximum absolute atomic E-state index is 12.9. The highest BCUT2D eigenvalue weighted by atomic mass is 35.5. The Morgan fingerprint density at radius 1 is 1.44 bits per heavy atom. The lowest BCUT2D eigenvalue weighted by Crippen LogP contribution is -2.59. The van der Waals surface area contributed by atoms with Crippen LogP contribution in [0.15, 0.2) is 18.3 Å². The van der Waals surface area contributed by atoms with Crippen LogP contribution in [0.3, 0.4) is 0 Å². The van der Waals surface area contributed by atoms with Crippen LogP contribution in [0.4, 0.5) is 5.82 Å². The smallest absolute Gasteiger partial charge is 0.241 e. The summed E-state index contributed by atoms with van der Waals surface area (Å²) >= 11 is 6.18. The lowest BCUT2D eigenvalue weighted by atomic mass is 9.95. The topological polar surface area (TPSA) is 91.4 Å². The highest BCUT2D eigenvalue weighted by Gasteiger charge is 2.49. The number of hydrogen-bond donors (Lipinski definition) is 2. The Morgan fingerprint density at radius 3 is 2.80 bits per heavy atom. The van der Waals surface area contributed by atoms with E-state index in [0.29, 0.717) is 43.3 Å². The molecule has 0 spiro atoms. The van der Waals surface area contributed by atoms with Crippen LogP contribution in [0, 0.1) is 0 Å². The van der Waals surface area contributed by atoms with Crippen molar-refractivity contribution in [3.05, 3.63) is 23.4 Å². The van der Waals surface area contributed by atoms with Gasteiger partial charge in [0.25, 0.3) is 0 Å². The van der Waals surface area contributed by atoms with Gasteiger partial charge in [-0.05, 0) is 44.5 Å². The number of carbonyl (C=O) groups is 1. The molecule has 0 radical (unpaired) electrons. The number of carbonyl (C=O) groups excluding carboxylic acids is 1. The van der Waals surface area contributed by atoms with E-state index < -0.39 is 14.6 Å². The molecule has 138 valence electrons. The van der Waals surface area contributed by atoms with Crippen LogP contribution in [0.25, 0.3) is 0 Å². The molecule has 1 aromatic heterocycles. The third-order valence-electron chi connectivity index (χ3n) is 5.10. The summed E-state index contributed by atoms with van der Waals surface area (Å²) in [6.45, 7) is 2.34. The average Bonchev–Trinajstić information content (AvgIpc) is 3.03. The molecule has 1 aromatic rings. The summed E-state index contributed by atoms with van der Waals surface area (Å²) in [6.07, 6.45) is 4.18. The number of nitrogens with zero attached hydrogens (tertiary/aromatic N) is 2. The molecular weight excluding hydrogens is 364 g/mol. The lowest BCUT2D eigenvalue weighted by molar-refractivity contribution is -0.124. The van der Waals surface area contributed by atoms with Crippen LogP contribution in [0.2, 0.25) is 5.02 Å². The number of anilines is 1. The lowest BCUT2D eigenvalue weighted by Gasteiger charge is -2.35. The van der Waals surface area contributed by atoms with Gasteiger partial charge in [-0.15, -0.1) is 0 Å². The van der Waals surface area contributed by atoms with Crippen molar-refractivity contribution in [2.24, 2.45) is 0 Å². The van der Waals surface area contributed by atoms with Crippen molar-refractivity contribution in [1.82, 2.24) is 15.6 Å². The SMILES string of the molecule is CS(=O)(=O)C1(C(=O)NC2CCN(c3ncccc3Cl)C2)CCNCC1. The summed E-state index contributed by atoms with van der Waals surface area (Å²) in [5, 5.41) is 6.65. The molecular formula is C16H23ClN4O3S. The number of piperidine rings is 1. The average molecular weight is 387 g/mol. The van der Waals surface area contributed by atoms with E-state index in [1.54, 1.807) is 18.3 Å². The number of hydrogen-bond acceptors (Lipinski definition) is 6. The van der Waals surface area contributed by atoms with Crippen LogP contribution in [0.5, 0.6) is 0 Å². The number of sulfone groups is 1. The minimum atomic E-state index is -3.50. The Kier molecular flexibility index (Phi) is 5.22. The fourth-order valence-electron chi connectivity index (χ4n) is 3.59. The first-order chi connectivity index (χ1) is 11.8. The highest BCUT2D eigenvalue weighted by molar-refractivity contribution is 7.92. The Bertz CT molecular complexity index is 750. The molecule has 7 nitrogen and oxygen atoms in total. The van der Waals surface area contributed by atoms with Crippen LogP contribution >= 0.6 is 11.6 Å². The minimum absolute atomic E-state index is 0.112. The van der Waals surface area contributed by atoms with Gasteiger partial charge in [0.15, 0.2) is 14.6 Å². The van der Waals surface area contributed by atoms with Gasteiger partial charge in [0.2, 0.25) is 5.91 Å². The Morgan fingerprint density at radius 2 is 2.16 bits per heavy atom. The van der Waals surface area contributed by atoms with E-state index in [2.05, 4.69) is 15.6 Å². The highest BCUT2D eigenvalue weighted by Crippen LogP contribution is 2.30. The van der Waals surface area contributed by atoms with E-state index in [9.17, 15) is 13.2 Å². The molecule has 2 aliphatic heterocycles. The molecule has 2 aliphatic rings. The van der Waals surface area contributed by atoms with E-state index in [4.69, 9.17) is 11.6 Å². The summed E-state index contributed by atoms with van der Waals surface area (Å²) in [7, 11) is -3.50. The van der Waals surface area contributed by atoms with E-state index in [1.807, 2.05) is 4.90 Å². The van der Waals surface area contributed by atoms with E-state index in [-0.39, 0.29) is 11.9 Å². The summed E-state index contributed by atoms with van der Waals surface area (Å²) in [5.74, 6) is 0.316. The molecule has 0 bridgehead atoms. The molecule has 25 heavy (non-hydrogen) atoms. The molecule has 1 unspecified atom stereocenters. The second kappa shape index (κ2) is 7.09. The zero-order valence-corrected chi connectivity index (χ0v) is 15.7. The molecule has 1 atom stereocenters. The van der Waals surface area contributed by atoms with Crippen molar-refractivity contribution in [3.8, 4) is 0 Å². The molecule has 0 aromatic carbocycles. The van der Waals surface area contributed by atoms with Gasteiger partial charge >= 0.3 is 0 Å². The second-order valence-corrected chi connectivity index (χ2v) is 9.46. The molecule has 3 heterocycles. The first kappa shape index (κ1) is 18.4. The van der Waals surface area contributed by atoms with Crippen molar-refractivity contribution >= 4 is 33.2 Å². The summed E-state index contributed by atoms with van der Waals surface area (Å²) < 4.78 is 23.3. The number of amides is 1. The van der Waals surface area contributed by atoms with Crippen LogP contribution < -0.4 is 15.5 Å². The molecule has 2 saturated heterocycles. The summed E-state index contributed by atoms with van der Waals surface area (Å²) in [6, 6.07) is 3.44. The quantitative estimate of drug-likeness (QED) is 0.787. The molecule has 1 amide bonds. The van der Waals surface area contributed by atoms with Gasteiger partial charge in [-0.3, -0.25) is 4.79 Å². The molecule has 3 rings (SSSR count). The normalized spacial score (nSPS) is 23.4. The monoisotopic (exact) mass is 386 g/mol. The van der Waals surface area contributed by atoms with Gasteiger partial charge in [-0.25, -0.2) is 13.4 Å². The third kappa shape index (κ3) is 3.61. The number of halogens is 1. The number of rotatable bonds is 4. The molecule has 2 fully saturated rings. The van der Waals surface area contributed by atoms with Gasteiger partial charge < -0.3 is 15.5 Å². The Balaban J connectivity index is 1.70. The van der Waals surface area contributed by atoms with Crippen LogP contribution in [0.1, 0.15) is 19.3 Å². The second-order valence-electron chi connectivity index (χ2n) is 6.73. The van der Waals surface area contributed by atoms with Crippen molar-refractivity contribution in [3.63, 3.8) is 0 Å². The molecule has 2 N–H and O–H groups in total. The number of aromatic nitrogens is 1. The maximum Gasteiger partial charge on any atom is 0.241 e. The van der Waals surface area contributed by atoms with Crippen molar-refractivity contribution in [1.29, 1.82) is 0 Å². The molecule has 0 aliphatic carbocycles. The van der Waals surface area contributed by atoms with E-state index in [0.717, 1.165) is 19.2 Å². The van der Waals surface area contributed by atoms with Gasteiger partial charge in [0, 0.05) is 31.6 Å². The number of nitrogens with one attached hydrogen (secondary N) is 2. The van der Waals surface area contributed by atoms with Crippen molar-refractivity contribution in [2.75, 3.05) is 37.3 Å². The summed E-state index contributed by atoms with van der Waals surface area (Å²) in [5.41, 5.74) is 0. The zero-order valence-electron chi connectivity index (χ0n) is 14.2. The molecule has 0 saturated carbocycles. The van der Waals surface area contributed by atoms with E-state index >= 15 is 0 Å². The van der Waals surface area contributed by atoms with Crippen molar-refractivity contribution < 1.29 is 13.2 Å². The van der Waals surface area contributed by atoms with Crippen LogP contribution in [-0.4, -0.2) is 62.5 Å². The standard InChI is InChI=1S/C16H23ClN4O3S/c1-25(23,24)16(5-8-18-9-6-16)15(22)20-12-4-10-21(11-12)14-13(17)3-2-7-19-14/h2-3,7,12,18H,4-6,8-11H2,1H3,(H,20,22). The zero-order chi connectivity index (χ0) is 18.1. The Hall–Kier alpha value is -1.38. The third-order valence-corrected chi connectivity index (χ3v) is 7.41. The van der Waals surface area contributed by atoms with Crippen LogP contribution in [-0.2, 0) is 14.6 Å². The Labute approximate surface area is 153 Å². The first-order valence-corrected chi connectivity index (χ1v) is 10.7. The predicted octanol–water partition coefficient (Wildman–Crippen LogP) is 0.597. The van der Waals surface area contributed by atoms with Gasteiger partial charge in [0.05, 0.1) is 5.02 Å². The van der Waals surface area contributed by atoms with E-state index in [1.165, 1.54) is 0 Å². The largest absolute Gasteiger partial charge is 0.353 e. The first-order valence-electron chi connectivity index (χ1n) is 8.40. The summed E-state index contributed by atoms with van der Waals surface area (Å²) in [4.78, 5) is 19.2. The van der Waals surface area contributed by atoms with Gasteiger partial charge in [-0.2, -0.15) is 0 Å². The molecule has 9 heteroatoms. The fourth-order valence-corrected chi connectivity index (χ4v) is 5.18. The maximum atomic E-state index is 12.9. The van der Waals surface area contributed by atoms with Crippen molar-refractivity contribution in [2.45, 2.75) is 30.1 Å². The fraction of sp³-hybridized carbons (Fsp3) is 0.625. The van der Waals surface area contributed by atoms with Gasteiger partial charge in [-0.1, -0.05) is 11.6 Å². The van der Waals surface area contributed by atoms with Gasteiger partial charge in [0.1, 0.15) is 5.82 Å².